The van der Waals surface area contributed by atoms with Crippen molar-refractivity contribution in [1.82, 2.24) is 0 Å². The molecular formula is C11H13ClFNO2. The maximum absolute atomic E-state index is 12.8. The quantitative estimate of drug-likeness (QED) is 0.838. The van der Waals surface area contributed by atoms with Gasteiger partial charge in [0.15, 0.2) is 0 Å². The van der Waals surface area contributed by atoms with Crippen molar-refractivity contribution in [2.45, 2.75) is 25.8 Å². The number of aliphatic carboxylic acids is 1. The summed E-state index contributed by atoms with van der Waals surface area (Å²) >= 11 is 5.78. The molecule has 0 saturated carbocycles. The first kappa shape index (κ1) is 12.8. The average molecular weight is 246 g/mol. The number of rotatable bonds is 5. The monoisotopic (exact) mass is 245 g/mol. The minimum Gasteiger partial charge on any atom is -0.480 e. The number of benzene rings is 1. The Balaban J connectivity index is 2.81. The number of hydrogen-bond donors (Lipinski definition) is 2. The minimum atomic E-state index is -0.942. The van der Waals surface area contributed by atoms with Crippen molar-refractivity contribution in [3.8, 4) is 0 Å². The largest absolute Gasteiger partial charge is 0.480 e. The summed E-state index contributed by atoms with van der Waals surface area (Å²) in [6.45, 7) is 1.89. The molecule has 0 aromatic heterocycles. The van der Waals surface area contributed by atoms with Gasteiger partial charge in [0.05, 0.1) is 10.7 Å². The zero-order valence-electron chi connectivity index (χ0n) is 8.84. The van der Waals surface area contributed by atoms with Crippen LogP contribution >= 0.6 is 11.6 Å². The number of carboxylic acids is 1. The molecular weight excluding hydrogens is 233 g/mol. The summed E-state index contributed by atoms with van der Waals surface area (Å²) < 4.78 is 12.8. The Kier molecular flexibility index (Phi) is 4.55. The first-order valence-electron chi connectivity index (χ1n) is 4.99. The predicted octanol–water partition coefficient (Wildman–Crippen LogP) is 3.14. The van der Waals surface area contributed by atoms with Crippen LogP contribution in [0, 0.1) is 5.82 Å². The minimum absolute atomic E-state index is 0.183. The van der Waals surface area contributed by atoms with Crippen LogP contribution in [-0.4, -0.2) is 17.1 Å². The molecule has 0 fully saturated rings. The summed E-state index contributed by atoms with van der Waals surface area (Å²) in [6.07, 6.45) is 1.23. The van der Waals surface area contributed by atoms with Crippen molar-refractivity contribution < 1.29 is 14.3 Å². The van der Waals surface area contributed by atoms with Crippen LogP contribution in [0.4, 0.5) is 10.1 Å². The third kappa shape index (κ3) is 3.38. The number of halogens is 2. The fraction of sp³-hybridized carbons (Fsp3) is 0.364. The molecule has 0 aliphatic rings. The first-order valence-corrected chi connectivity index (χ1v) is 5.36. The van der Waals surface area contributed by atoms with E-state index in [0.717, 1.165) is 12.5 Å². The molecule has 16 heavy (non-hydrogen) atoms. The van der Waals surface area contributed by atoms with Gasteiger partial charge in [-0.15, -0.1) is 0 Å². The van der Waals surface area contributed by atoms with Crippen molar-refractivity contribution in [1.29, 1.82) is 0 Å². The highest BCUT2D eigenvalue weighted by atomic mass is 35.5. The van der Waals surface area contributed by atoms with Gasteiger partial charge in [-0.2, -0.15) is 0 Å². The summed E-state index contributed by atoms with van der Waals surface area (Å²) in [4.78, 5) is 10.9. The molecule has 0 heterocycles. The van der Waals surface area contributed by atoms with Crippen molar-refractivity contribution >= 4 is 23.3 Å². The number of hydrogen-bond acceptors (Lipinski definition) is 2. The van der Waals surface area contributed by atoms with Gasteiger partial charge >= 0.3 is 5.97 Å². The molecule has 3 nitrogen and oxygen atoms in total. The van der Waals surface area contributed by atoms with E-state index < -0.39 is 17.8 Å². The van der Waals surface area contributed by atoms with E-state index in [1.165, 1.54) is 12.1 Å². The fourth-order valence-electron chi connectivity index (χ4n) is 1.34. The Morgan fingerprint density at radius 2 is 2.31 bits per heavy atom. The van der Waals surface area contributed by atoms with E-state index in [9.17, 15) is 9.18 Å². The van der Waals surface area contributed by atoms with Gasteiger partial charge in [-0.1, -0.05) is 24.9 Å². The normalized spacial score (nSPS) is 12.2. The number of nitrogens with one attached hydrogen (secondary N) is 1. The van der Waals surface area contributed by atoms with Crippen LogP contribution in [0.15, 0.2) is 18.2 Å². The van der Waals surface area contributed by atoms with Gasteiger partial charge in [0.1, 0.15) is 11.9 Å². The van der Waals surface area contributed by atoms with Gasteiger partial charge in [-0.05, 0) is 24.6 Å². The molecule has 1 atom stereocenters. The SMILES string of the molecule is CCCC(Nc1ccc(F)cc1Cl)C(=O)O. The molecule has 0 spiro atoms. The van der Waals surface area contributed by atoms with Gasteiger partial charge in [-0.25, -0.2) is 9.18 Å². The van der Waals surface area contributed by atoms with Crippen LogP contribution in [0.5, 0.6) is 0 Å². The molecule has 1 unspecified atom stereocenters. The standard InChI is InChI=1S/C11H13ClFNO2/c1-2-3-10(11(15)16)14-9-5-4-7(13)6-8(9)12/h4-6,10,14H,2-3H2,1H3,(H,15,16). The number of anilines is 1. The van der Waals surface area contributed by atoms with Crippen molar-refractivity contribution in [3.05, 3.63) is 29.0 Å². The second-order valence-corrected chi connectivity index (χ2v) is 3.86. The molecule has 0 saturated heterocycles. The maximum Gasteiger partial charge on any atom is 0.326 e. The van der Waals surface area contributed by atoms with Crippen molar-refractivity contribution in [2.24, 2.45) is 0 Å². The molecule has 0 aliphatic heterocycles. The van der Waals surface area contributed by atoms with Crippen LogP contribution < -0.4 is 5.32 Å². The molecule has 88 valence electrons. The molecule has 1 rings (SSSR count). The van der Waals surface area contributed by atoms with Crippen LogP contribution in [0.25, 0.3) is 0 Å². The Morgan fingerprint density at radius 1 is 1.62 bits per heavy atom. The van der Waals surface area contributed by atoms with Crippen LogP contribution in [0.2, 0.25) is 5.02 Å². The van der Waals surface area contributed by atoms with Gasteiger partial charge in [-0.3, -0.25) is 0 Å². The highest BCUT2D eigenvalue weighted by molar-refractivity contribution is 6.33. The van der Waals surface area contributed by atoms with Gasteiger partial charge < -0.3 is 10.4 Å². The third-order valence-electron chi connectivity index (χ3n) is 2.14. The Labute approximate surface area is 98.2 Å². The predicted molar refractivity (Wildman–Crippen MR) is 61.4 cm³/mol. The Morgan fingerprint density at radius 3 is 2.81 bits per heavy atom. The highest BCUT2D eigenvalue weighted by Crippen LogP contribution is 2.23. The van der Waals surface area contributed by atoms with Crippen molar-refractivity contribution in [3.63, 3.8) is 0 Å². The Bertz CT molecular complexity index is 384. The summed E-state index contributed by atoms with van der Waals surface area (Å²) in [5, 5.41) is 11.9. The summed E-state index contributed by atoms with van der Waals surface area (Å²) in [6, 6.07) is 3.12. The van der Waals surface area contributed by atoms with E-state index in [1.807, 2.05) is 6.92 Å². The van der Waals surface area contributed by atoms with E-state index in [4.69, 9.17) is 16.7 Å². The van der Waals surface area contributed by atoms with Crippen molar-refractivity contribution in [2.75, 3.05) is 5.32 Å². The molecule has 0 bridgehead atoms. The lowest BCUT2D eigenvalue weighted by Crippen LogP contribution is -2.29. The fourth-order valence-corrected chi connectivity index (χ4v) is 1.56. The molecule has 1 aromatic carbocycles. The van der Waals surface area contributed by atoms with Crippen LogP contribution in [0.3, 0.4) is 0 Å². The molecule has 0 radical (unpaired) electrons. The van der Waals surface area contributed by atoms with Gasteiger partial charge in [0.25, 0.3) is 0 Å². The maximum atomic E-state index is 12.8. The Hall–Kier alpha value is -1.29. The highest BCUT2D eigenvalue weighted by Gasteiger charge is 2.16. The molecule has 0 amide bonds. The lowest BCUT2D eigenvalue weighted by molar-refractivity contribution is -0.138. The van der Waals surface area contributed by atoms with Crippen LogP contribution in [-0.2, 0) is 4.79 Å². The van der Waals surface area contributed by atoms with E-state index in [-0.39, 0.29) is 5.02 Å². The zero-order valence-corrected chi connectivity index (χ0v) is 9.59. The molecule has 5 heteroatoms. The second kappa shape index (κ2) is 5.70. The molecule has 1 aromatic rings. The van der Waals surface area contributed by atoms with E-state index in [2.05, 4.69) is 5.32 Å². The average Bonchev–Trinajstić information content (AvgIpc) is 2.20. The number of carbonyl (C=O) groups is 1. The topological polar surface area (TPSA) is 49.3 Å². The van der Waals surface area contributed by atoms with E-state index in [0.29, 0.717) is 12.1 Å². The summed E-state index contributed by atoms with van der Waals surface area (Å²) in [5.41, 5.74) is 0.434. The molecule has 2 N–H and O–H groups in total. The summed E-state index contributed by atoms with van der Waals surface area (Å²) in [7, 11) is 0. The van der Waals surface area contributed by atoms with E-state index >= 15 is 0 Å². The first-order chi connectivity index (χ1) is 7.54. The van der Waals surface area contributed by atoms with Gasteiger partial charge in [0.2, 0.25) is 0 Å². The molecule has 0 aliphatic carbocycles. The van der Waals surface area contributed by atoms with Crippen LogP contribution in [0.1, 0.15) is 19.8 Å². The zero-order chi connectivity index (χ0) is 12.1. The lowest BCUT2D eigenvalue weighted by Gasteiger charge is -2.15. The van der Waals surface area contributed by atoms with E-state index in [1.54, 1.807) is 0 Å². The second-order valence-electron chi connectivity index (χ2n) is 3.45. The smallest absolute Gasteiger partial charge is 0.326 e. The number of carboxylic acid groups (broad SMARTS) is 1. The van der Waals surface area contributed by atoms with Gasteiger partial charge in [0, 0.05) is 0 Å². The lowest BCUT2D eigenvalue weighted by atomic mass is 10.1. The summed E-state index contributed by atoms with van der Waals surface area (Å²) in [5.74, 6) is -1.39. The third-order valence-corrected chi connectivity index (χ3v) is 2.45.